The molecule has 1 saturated heterocycles. The molecule has 0 aromatic heterocycles. The summed E-state index contributed by atoms with van der Waals surface area (Å²) in [6.07, 6.45) is 21.8. The molecule has 3 saturated carbocycles. The highest BCUT2D eigenvalue weighted by molar-refractivity contribution is 14.1. The number of ether oxygens (including phenoxy) is 2. The van der Waals surface area contributed by atoms with E-state index in [-0.39, 0.29) is 10.8 Å². The van der Waals surface area contributed by atoms with Crippen LogP contribution in [0.3, 0.4) is 0 Å². The van der Waals surface area contributed by atoms with Crippen molar-refractivity contribution in [2.24, 2.45) is 34.5 Å². The summed E-state index contributed by atoms with van der Waals surface area (Å²) >= 11 is 2.50. The first-order valence-corrected chi connectivity index (χ1v) is 16.6. The van der Waals surface area contributed by atoms with Crippen LogP contribution in [0.1, 0.15) is 117 Å². The van der Waals surface area contributed by atoms with Crippen molar-refractivity contribution in [3.8, 4) is 0 Å². The van der Waals surface area contributed by atoms with E-state index in [0.29, 0.717) is 5.92 Å². The van der Waals surface area contributed by atoms with Crippen LogP contribution in [-0.4, -0.2) is 34.1 Å². The van der Waals surface area contributed by atoms with Gasteiger partial charge in [0.15, 0.2) is 5.79 Å². The van der Waals surface area contributed by atoms with E-state index >= 15 is 0 Å². The summed E-state index contributed by atoms with van der Waals surface area (Å²) in [6, 6.07) is 0. The Morgan fingerprint density at radius 2 is 1.51 bits per heavy atom. The second-order valence-corrected chi connectivity index (χ2v) is 14.7. The molecule has 5 aliphatic rings. The highest BCUT2D eigenvalue weighted by Crippen LogP contribution is 2.69. The zero-order valence-corrected chi connectivity index (χ0v) is 24.9. The molecule has 0 aromatic rings. The largest absolute Gasteiger partial charge is 0.390 e. The van der Waals surface area contributed by atoms with E-state index < -0.39 is 11.4 Å². The molecule has 4 fully saturated rings. The van der Waals surface area contributed by atoms with Crippen LogP contribution in [0.15, 0.2) is 11.6 Å². The third-order valence-electron chi connectivity index (χ3n) is 11.8. The lowest BCUT2D eigenvalue weighted by Gasteiger charge is -2.62. The Balaban J connectivity index is 1.34. The summed E-state index contributed by atoms with van der Waals surface area (Å²) in [4.78, 5) is 0. The van der Waals surface area contributed by atoms with Crippen LogP contribution in [0.2, 0.25) is 0 Å². The average Bonchev–Trinajstić information content (AvgIpc) is 3.38. The summed E-state index contributed by atoms with van der Waals surface area (Å²) in [5.41, 5.74) is 1.54. The maximum atomic E-state index is 11.5. The van der Waals surface area contributed by atoms with Crippen molar-refractivity contribution in [3.63, 3.8) is 0 Å². The van der Waals surface area contributed by atoms with Gasteiger partial charge in [0, 0.05) is 6.42 Å². The Morgan fingerprint density at radius 1 is 0.857 bits per heavy atom. The summed E-state index contributed by atoms with van der Waals surface area (Å²) in [6.45, 7) is 8.65. The number of fused-ring (bicyclic) bond motifs is 5. The predicted octanol–water partition coefficient (Wildman–Crippen LogP) is 8.23. The van der Waals surface area contributed by atoms with E-state index in [0.717, 1.165) is 43.8 Å². The second kappa shape index (κ2) is 10.5. The van der Waals surface area contributed by atoms with Crippen LogP contribution < -0.4 is 0 Å². The zero-order chi connectivity index (χ0) is 24.7. The molecule has 2 unspecified atom stereocenters. The lowest BCUT2D eigenvalue weighted by molar-refractivity contribution is -0.158. The van der Waals surface area contributed by atoms with Crippen molar-refractivity contribution >= 4 is 22.6 Å². The van der Waals surface area contributed by atoms with Gasteiger partial charge in [-0.3, -0.25) is 0 Å². The predicted molar refractivity (Wildman–Crippen MR) is 152 cm³/mol. The number of rotatable bonds is 9. The molecular weight excluding hydrogens is 547 g/mol. The van der Waals surface area contributed by atoms with Gasteiger partial charge >= 0.3 is 0 Å². The molecule has 0 bridgehead atoms. The van der Waals surface area contributed by atoms with Crippen molar-refractivity contribution < 1.29 is 14.6 Å². The highest BCUT2D eigenvalue weighted by atomic mass is 127. The molecule has 0 amide bonds. The van der Waals surface area contributed by atoms with Crippen molar-refractivity contribution in [1.82, 2.24) is 0 Å². The van der Waals surface area contributed by atoms with Gasteiger partial charge in [0.1, 0.15) is 0 Å². The smallest absolute Gasteiger partial charge is 0.188 e. The molecular formula is C31H51IO3. The molecule has 200 valence electrons. The molecule has 3 nitrogen and oxygen atoms in total. The SMILES string of the molecule is CC1(O)CC[C@H]2[C@@H]3C(CCCCCCCCCI)CC4=CC5(CC[C@]4(C)[C@H]3CC[C@@]21C)OCCO5. The number of hydrogen-bond donors (Lipinski definition) is 1. The van der Waals surface area contributed by atoms with Crippen molar-refractivity contribution in [2.75, 3.05) is 17.6 Å². The maximum absolute atomic E-state index is 11.5. The van der Waals surface area contributed by atoms with Crippen molar-refractivity contribution in [2.45, 2.75) is 128 Å². The molecule has 4 heteroatoms. The number of hydrogen-bond acceptors (Lipinski definition) is 3. The van der Waals surface area contributed by atoms with Gasteiger partial charge in [0.2, 0.25) is 0 Å². The Hall–Kier alpha value is 0.350. The van der Waals surface area contributed by atoms with Crippen LogP contribution in [0.4, 0.5) is 0 Å². The molecule has 1 heterocycles. The average molecular weight is 599 g/mol. The van der Waals surface area contributed by atoms with E-state index in [4.69, 9.17) is 9.47 Å². The van der Waals surface area contributed by atoms with E-state index in [9.17, 15) is 5.11 Å². The molecule has 1 N–H and O–H groups in total. The summed E-state index contributed by atoms with van der Waals surface area (Å²) in [5, 5.41) is 11.5. The van der Waals surface area contributed by atoms with Gasteiger partial charge in [0.25, 0.3) is 0 Å². The van der Waals surface area contributed by atoms with Crippen LogP contribution in [0.5, 0.6) is 0 Å². The van der Waals surface area contributed by atoms with Crippen LogP contribution in [-0.2, 0) is 9.47 Å². The van der Waals surface area contributed by atoms with Crippen molar-refractivity contribution in [3.05, 3.63) is 11.6 Å². The molecule has 1 aliphatic heterocycles. The third-order valence-corrected chi connectivity index (χ3v) is 12.6. The van der Waals surface area contributed by atoms with Gasteiger partial charge in [-0.2, -0.15) is 0 Å². The molecule has 4 aliphatic carbocycles. The number of halogens is 1. The summed E-state index contributed by atoms with van der Waals surface area (Å²) in [5.74, 6) is 2.54. The lowest BCUT2D eigenvalue weighted by Crippen LogP contribution is -2.57. The van der Waals surface area contributed by atoms with Gasteiger partial charge in [-0.15, -0.1) is 0 Å². The fourth-order valence-corrected chi connectivity index (χ4v) is 9.99. The number of unbranched alkanes of at least 4 members (excludes halogenated alkanes) is 6. The number of aliphatic hydroxyl groups is 1. The number of allylic oxidation sites excluding steroid dienone is 1. The Bertz CT molecular complexity index is 771. The van der Waals surface area contributed by atoms with Crippen LogP contribution >= 0.6 is 22.6 Å². The maximum Gasteiger partial charge on any atom is 0.188 e. The topological polar surface area (TPSA) is 38.7 Å². The Labute approximate surface area is 228 Å². The second-order valence-electron chi connectivity index (χ2n) is 13.6. The van der Waals surface area contributed by atoms with E-state index in [1.165, 1.54) is 87.9 Å². The highest BCUT2D eigenvalue weighted by Gasteiger charge is 2.64. The zero-order valence-electron chi connectivity index (χ0n) is 22.8. The number of alkyl halides is 1. The van der Waals surface area contributed by atoms with Gasteiger partial charge in [-0.25, -0.2) is 0 Å². The van der Waals surface area contributed by atoms with Crippen LogP contribution in [0, 0.1) is 34.5 Å². The molecule has 35 heavy (non-hydrogen) atoms. The van der Waals surface area contributed by atoms with Gasteiger partial charge in [-0.05, 0) is 103 Å². The first-order valence-electron chi connectivity index (χ1n) is 15.0. The standard InChI is InChI=1S/C31H51IO3/c1-28-16-17-31(34-19-20-35-31)22-24(28)21-23(11-9-7-5-4-6-8-10-18-32)27-25(28)12-14-29(2)26(27)13-15-30(29,3)33/h22-23,25-27,33H,4-21H2,1-3H3/t23?,25-,26-,27+,28-,29-,30?/m0/s1. The van der Waals surface area contributed by atoms with Gasteiger partial charge in [-0.1, -0.05) is 80.5 Å². The quantitative estimate of drug-likeness (QED) is 0.126. The van der Waals surface area contributed by atoms with Gasteiger partial charge in [0.05, 0.1) is 18.8 Å². The first kappa shape index (κ1) is 26.9. The minimum absolute atomic E-state index is 0.0935. The summed E-state index contributed by atoms with van der Waals surface area (Å²) in [7, 11) is 0. The van der Waals surface area contributed by atoms with E-state index in [1.807, 2.05) is 0 Å². The third kappa shape index (κ3) is 4.82. The fraction of sp³-hybridized carbons (Fsp3) is 0.935. The molecule has 1 spiro atoms. The molecule has 0 aromatic carbocycles. The molecule has 7 atom stereocenters. The van der Waals surface area contributed by atoms with E-state index in [2.05, 4.69) is 49.4 Å². The Kier molecular flexibility index (Phi) is 8.07. The normalized spacial score (nSPS) is 44.1. The monoisotopic (exact) mass is 598 g/mol. The van der Waals surface area contributed by atoms with E-state index in [1.54, 1.807) is 5.57 Å². The first-order chi connectivity index (χ1) is 16.7. The minimum Gasteiger partial charge on any atom is -0.390 e. The molecule has 5 rings (SSSR count). The summed E-state index contributed by atoms with van der Waals surface area (Å²) < 4.78 is 13.7. The van der Waals surface area contributed by atoms with Crippen molar-refractivity contribution in [1.29, 1.82) is 0 Å². The molecule has 0 radical (unpaired) electrons. The van der Waals surface area contributed by atoms with Gasteiger partial charge < -0.3 is 14.6 Å². The Morgan fingerprint density at radius 3 is 2.23 bits per heavy atom. The lowest BCUT2D eigenvalue weighted by atomic mass is 9.43. The van der Waals surface area contributed by atoms with Crippen LogP contribution in [0.25, 0.3) is 0 Å². The minimum atomic E-state index is -0.496. The fourth-order valence-electron chi connectivity index (χ4n) is 9.45.